The van der Waals surface area contributed by atoms with Crippen molar-refractivity contribution in [3.63, 3.8) is 0 Å². The lowest BCUT2D eigenvalue weighted by Gasteiger charge is -2.21. The van der Waals surface area contributed by atoms with E-state index in [9.17, 15) is 23.1 Å². The van der Waals surface area contributed by atoms with Gasteiger partial charge in [0, 0.05) is 12.0 Å². The molecule has 0 aliphatic heterocycles. The van der Waals surface area contributed by atoms with Gasteiger partial charge < -0.3 is 5.11 Å². The SMILES string of the molecule is O=C(O)C(CC(F)(F)c1ccccc1)c1ccc(F)cc1. The third kappa shape index (κ3) is 3.62. The van der Waals surface area contributed by atoms with Crippen LogP contribution in [0, 0.1) is 5.82 Å². The molecule has 0 spiro atoms. The average Bonchev–Trinajstić information content (AvgIpc) is 2.47. The van der Waals surface area contributed by atoms with Crippen LogP contribution in [0.2, 0.25) is 0 Å². The molecule has 1 atom stereocenters. The first-order valence-electron chi connectivity index (χ1n) is 6.32. The highest BCUT2D eigenvalue weighted by Crippen LogP contribution is 2.38. The highest BCUT2D eigenvalue weighted by Gasteiger charge is 2.38. The molecule has 0 saturated carbocycles. The highest BCUT2D eigenvalue weighted by molar-refractivity contribution is 5.76. The standard InChI is InChI=1S/C16H13F3O2/c17-13-8-6-11(7-9-13)14(15(20)21)10-16(18,19)12-4-2-1-3-5-12/h1-9,14H,10H2,(H,20,21). The number of alkyl halides is 2. The summed E-state index contributed by atoms with van der Waals surface area (Å²) in [5, 5.41) is 9.18. The van der Waals surface area contributed by atoms with Crippen LogP contribution in [0.25, 0.3) is 0 Å². The van der Waals surface area contributed by atoms with Gasteiger partial charge in [-0.2, -0.15) is 0 Å². The summed E-state index contributed by atoms with van der Waals surface area (Å²) in [6.45, 7) is 0. The second kappa shape index (κ2) is 5.99. The summed E-state index contributed by atoms with van der Waals surface area (Å²) in [6, 6.07) is 11.6. The maximum Gasteiger partial charge on any atom is 0.311 e. The molecule has 1 unspecified atom stereocenters. The Morgan fingerprint density at radius 1 is 1.05 bits per heavy atom. The fraction of sp³-hybridized carbons (Fsp3) is 0.188. The number of carbonyl (C=O) groups is 1. The summed E-state index contributed by atoms with van der Waals surface area (Å²) < 4.78 is 41.2. The molecule has 2 aromatic carbocycles. The van der Waals surface area contributed by atoms with Gasteiger partial charge in [-0.05, 0) is 17.7 Å². The summed E-state index contributed by atoms with van der Waals surface area (Å²) >= 11 is 0. The Hall–Kier alpha value is -2.30. The van der Waals surface area contributed by atoms with E-state index in [1.165, 1.54) is 36.4 Å². The fourth-order valence-corrected chi connectivity index (χ4v) is 2.10. The molecule has 0 aliphatic rings. The van der Waals surface area contributed by atoms with Crippen LogP contribution in [-0.2, 0) is 10.7 Å². The maximum atomic E-state index is 14.2. The summed E-state index contributed by atoms with van der Waals surface area (Å²) in [7, 11) is 0. The number of carboxylic acid groups (broad SMARTS) is 1. The van der Waals surface area contributed by atoms with E-state index in [4.69, 9.17) is 0 Å². The molecule has 2 nitrogen and oxygen atoms in total. The van der Waals surface area contributed by atoms with Gasteiger partial charge in [0.15, 0.2) is 0 Å². The summed E-state index contributed by atoms with van der Waals surface area (Å²) in [5.41, 5.74) is -0.0853. The predicted molar refractivity (Wildman–Crippen MR) is 71.7 cm³/mol. The lowest BCUT2D eigenvalue weighted by atomic mass is 9.90. The number of hydrogen-bond acceptors (Lipinski definition) is 1. The maximum absolute atomic E-state index is 14.2. The smallest absolute Gasteiger partial charge is 0.311 e. The Morgan fingerprint density at radius 3 is 2.14 bits per heavy atom. The van der Waals surface area contributed by atoms with Gasteiger partial charge in [-0.3, -0.25) is 4.79 Å². The van der Waals surface area contributed by atoms with Crippen molar-refractivity contribution < 1.29 is 23.1 Å². The minimum absolute atomic E-state index is 0.152. The number of benzene rings is 2. The van der Waals surface area contributed by atoms with Gasteiger partial charge >= 0.3 is 5.97 Å². The summed E-state index contributed by atoms with van der Waals surface area (Å²) in [4.78, 5) is 11.3. The molecule has 0 bridgehead atoms. The van der Waals surface area contributed by atoms with Gasteiger partial charge in [-0.1, -0.05) is 42.5 Å². The van der Waals surface area contributed by atoms with E-state index in [2.05, 4.69) is 0 Å². The molecule has 0 amide bonds. The zero-order valence-electron chi connectivity index (χ0n) is 11.0. The van der Waals surface area contributed by atoms with Crippen molar-refractivity contribution in [2.75, 3.05) is 0 Å². The van der Waals surface area contributed by atoms with Crippen molar-refractivity contribution in [1.82, 2.24) is 0 Å². The van der Waals surface area contributed by atoms with Crippen molar-refractivity contribution in [3.8, 4) is 0 Å². The monoisotopic (exact) mass is 294 g/mol. The van der Waals surface area contributed by atoms with Crippen molar-refractivity contribution in [2.24, 2.45) is 0 Å². The lowest BCUT2D eigenvalue weighted by molar-refractivity contribution is -0.141. The number of rotatable bonds is 5. The van der Waals surface area contributed by atoms with E-state index >= 15 is 0 Å². The number of hydrogen-bond donors (Lipinski definition) is 1. The van der Waals surface area contributed by atoms with Gasteiger partial charge in [-0.15, -0.1) is 0 Å². The molecule has 0 saturated heterocycles. The third-order valence-electron chi connectivity index (χ3n) is 3.23. The highest BCUT2D eigenvalue weighted by atomic mass is 19.3. The second-order valence-electron chi connectivity index (χ2n) is 4.72. The average molecular weight is 294 g/mol. The zero-order chi connectivity index (χ0) is 15.5. The van der Waals surface area contributed by atoms with E-state index < -0.39 is 30.0 Å². The largest absolute Gasteiger partial charge is 0.481 e. The summed E-state index contributed by atoms with van der Waals surface area (Å²) in [5.74, 6) is -6.59. The van der Waals surface area contributed by atoms with E-state index in [0.717, 1.165) is 12.1 Å². The van der Waals surface area contributed by atoms with Crippen LogP contribution in [0.5, 0.6) is 0 Å². The Labute approximate surface area is 119 Å². The molecular formula is C16H13F3O2. The third-order valence-corrected chi connectivity index (χ3v) is 3.23. The number of halogens is 3. The quantitative estimate of drug-likeness (QED) is 0.898. The van der Waals surface area contributed by atoms with E-state index in [1.54, 1.807) is 6.07 Å². The van der Waals surface area contributed by atoms with Crippen LogP contribution in [-0.4, -0.2) is 11.1 Å². The molecule has 1 N–H and O–H groups in total. The Kier molecular flexibility index (Phi) is 4.31. The molecule has 0 aliphatic carbocycles. The Morgan fingerprint density at radius 2 is 1.62 bits per heavy atom. The lowest BCUT2D eigenvalue weighted by Crippen LogP contribution is -2.22. The molecule has 0 heterocycles. The van der Waals surface area contributed by atoms with Gasteiger partial charge in [0.25, 0.3) is 5.92 Å². The molecule has 0 fully saturated rings. The molecular weight excluding hydrogens is 281 g/mol. The van der Waals surface area contributed by atoms with Crippen LogP contribution in [0.1, 0.15) is 23.5 Å². The first-order valence-corrected chi connectivity index (χ1v) is 6.32. The van der Waals surface area contributed by atoms with Gasteiger partial charge in [0.2, 0.25) is 0 Å². The molecule has 5 heteroatoms. The van der Waals surface area contributed by atoms with Crippen molar-refractivity contribution in [2.45, 2.75) is 18.3 Å². The van der Waals surface area contributed by atoms with E-state index in [0.29, 0.717) is 0 Å². The molecule has 2 aromatic rings. The van der Waals surface area contributed by atoms with Crippen LogP contribution in [0.3, 0.4) is 0 Å². The minimum atomic E-state index is -3.28. The van der Waals surface area contributed by atoms with Crippen molar-refractivity contribution in [3.05, 3.63) is 71.5 Å². The zero-order valence-corrected chi connectivity index (χ0v) is 11.0. The Balaban J connectivity index is 2.28. The van der Waals surface area contributed by atoms with Crippen LogP contribution in [0.4, 0.5) is 13.2 Å². The van der Waals surface area contributed by atoms with Crippen molar-refractivity contribution >= 4 is 5.97 Å². The minimum Gasteiger partial charge on any atom is -0.481 e. The first-order chi connectivity index (χ1) is 9.90. The molecule has 2 rings (SSSR count). The molecule has 0 aromatic heterocycles. The van der Waals surface area contributed by atoms with Crippen LogP contribution >= 0.6 is 0 Å². The van der Waals surface area contributed by atoms with Crippen molar-refractivity contribution in [1.29, 1.82) is 0 Å². The normalized spacial score (nSPS) is 12.9. The number of carboxylic acids is 1. The molecule has 0 radical (unpaired) electrons. The van der Waals surface area contributed by atoms with E-state index in [-0.39, 0.29) is 11.1 Å². The van der Waals surface area contributed by atoms with Gasteiger partial charge in [0.1, 0.15) is 5.82 Å². The predicted octanol–water partition coefficient (Wildman–Crippen LogP) is 4.18. The second-order valence-corrected chi connectivity index (χ2v) is 4.72. The first kappa shape index (κ1) is 15.1. The topological polar surface area (TPSA) is 37.3 Å². The molecule has 21 heavy (non-hydrogen) atoms. The molecule has 110 valence electrons. The number of aliphatic carboxylic acids is 1. The van der Waals surface area contributed by atoms with Crippen LogP contribution in [0.15, 0.2) is 54.6 Å². The fourth-order valence-electron chi connectivity index (χ4n) is 2.10. The van der Waals surface area contributed by atoms with Gasteiger partial charge in [-0.25, -0.2) is 13.2 Å². The van der Waals surface area contributed by atoms with E-state index in [1.807, 2.05) is 0 Å². The Bertz CT molecular complexity index is 609. The van der Waals surface area contributed by atoms with Crippen LogP contribution < -0.4 is 0 Å². The van der Waals surface area contributed by atoms with Gasteiger partial charge in [0.05, 0.1) is 5.92 Å². The summed E-state index contributed by atoms with van der Waals surface area (Å²) in [6.07, 6.45) is -0.877.